The summed E-state index contributed by atoms with van der Waals surface area (Å²) in [6.07, 6.45) is -4.57. The summed E-state index contributed by atoms with van der Waals surface area (Å²) < 4.78 is 51.0. The van der Waals surface area contributed by atoms with Gasteiger partial charge in [-0.2, -0.15) is 13.2 Å². The third-order valence-corrected chi connectivity index (χ3v) is 6.22. The van der Waals surface area contributed by atoms with Gasteiger partial charge in [0.15, 0.2) is 0 Å². The molecule has 0 bridgehead atoms. The Balaban J connectivity index is 1.82. The van der Waals surface area contributed by atoms with Gasteiger partial charge in [-0.1, -0.05) is 12.1 Å². The minimum absolute atomic E-state index is 0.169. The number of rotatable bonds is 5. The number of alkyl halides is 3. The lowest BCUT2D eigenvalue weighted by Gasteiger charge is -2.24. The normalized spacial score (nSPS) is 17.8. The monoisotopic (exact) mass is 549 g/mol. The lowest BCUT2D eigenvalue weighted by Crippen LogP contribution is -2.29. The van der Waals surface area contributed by atoms with Crippen LogP contribution in [0.3, 0.4) is 0 Å². The first-order chi connectivity index (χ1) is 16.5. The van der Waals surface area contributed by atoms with E-state index in [1.807, 2.05) is 0 Å². The van der Waals surface area contributed by atoms with E-state index in [1.54, 1.807) is 25.1 Å². The van der Waals surface area contributed by atoms with Gasteiger partial charge in [0.2, 0.25) is 0 Å². The second-order valence-electron chi connectivity index (χ2n) is 7.92. The molecule has 1 aliphatic heterocycles. The summed E-state index contributed by atoms with van der Waals surface area (Å²) >= 11 is 3.32. The minimum Gasteiger partial charge on any atom is -0.507 e. The molecule has 10 heteroatoms. The lowest BCUT2D eigenvalue weighted by atomic mass is 9.99. The van der Waals surface area contributed by atoms with Gasteiger partial charge in [0, 0.05) is 12.1 Å². The average molecular weight is 550 g/mol. The molecule has 0 saturated carbocycles. The maximum atomic E-state index is 13.2. The molecule has 0 spiro atoms. The van der Waals surface area contributed by atoms with Crippen LogP contribution in [0.1, 0.15) is 34.3 Å². The Labute approximate surface area is 206 Å². The number of ketones is 1. The van der Waals surface area contributed by atoms with Crippen LogP contribution in [0.15, 0.2) is 69.1 Å². The summed E-state index contributed by atoms with van der Waals surface area (Å²) in [4.78, 5) is 27.2. The number of aliphatic hydroxyl groups excluding tert-OH is 1. The van der Waals surface area contributed by atoms with Crippen molar-refractivity contribution in [3.63, 3.8) is 0 Å². The Morgan fingerprint density at radius 2 is 1.89 bits per heavy atom. The van der Waals surface area contributed by atoms with Gasteiger partial charge in [0.05, 0.1) is 22.7 Å². The van der Waals surface area contributed by atoms with E-state index in [4.69, 9.17) is 9.15 Å². The predicted molar refractivity (Wildman–Crippen MR) is 123 cm³/mol. The van der Waals surface area contributed by atoms with Crippen LogP contribution in [0.4, 0.5) is 13.2 Å². The van der Waals surface area contributed by atoms with E-state index in [1.165, 1.54) is 31.4 Å². The van der Waals surface area contributed by atoms with E-state index < -0.39 is 35.2 Å². The number of amides is 1. The number of methoxy groups -OCH3 is 1. The van der Waals surface area contributed by atoms with Gasteiger partial charge < -0.3 is 19.2 Å². The van der Waals surface area contributed by atoms with Crippen molar-refractivity contribution >= 4 is 33.4 Å². The Morgan fingerprint density at radius 1 is 1.14 bits per heavy atom. The molecule has 2 aromatic carbocycles. The maximum absolute atomic E-state index is 13.2. The van der Waals surface area contributed by atoms with Gasteiger partial charge in [-0.05, 0) is 70.9 Å². The number of benzene rings is 2. The van der Waals surface area contributed by atoms with Crippen molar-refractivity contribution in [2.45, 2.75) is 25.7 Å². The number of carbonyl (C=O) groups is 2. The number of halogens is 4. The smallest absolute Gasteiger partial charge is 0.416 e. The van der Waals surface area contributed by atoms with E-state index in [2.05, 4.69) is 15.9 Å². The van der Waals surface area contributed by atoms with Gasteiger partial charge in [-0.25, -0.2) is 0 Å². The number of ether oxygens (including phenoxy) is 1. The van der Waals surface area contributed by atoms with Crippen LogP contribution in [0.25, 0.3) is 5.76 Å². The minimum atomic E-state index is -4.57. The van der Waals surface area contributed by atoms with Gasteiger partial charge in [0.25, 0.3) is 11.7 Å². The predicted octanol–water partition coefficient (Wildman–Crippen LogP) is 6.00. The molecule has 1 N–H and O–H groups in total. The van der Waals surface area contributed by atoms with E-state index in [-0.39, 0.29) is 29.0 Å². The average Bonchev–Trinajstić information content (AvgIpc) is 3.34. The molecule has 35 heavy (non-hydrogen) atoms. The van der Waals surface area contributed by atoms with Crippen LogP contribution in [0.5, 0.6) is 5.75 Å². The van der Waals surface area contributed by atoms with E-state index in [0.717, 1.165) is 17.0 Å². The molecule has 1 amide bonds. The Kier molecular flexibility index (Phi) is 6.50. The molecule has 2 heterocycles. The fraction of sp³-hybridized carbons (Fsp3) is 0.200. The molecule has 1 atom stereocenters. The first kappa shape index (κ1) is 24.6. The van der Waals surface area contributed by atoms with Crippen LogP contribution in [-0.2, 0) is 22.3 Å². The number of carbonyl (C=O) groups excluding carboxylic acids is 2. The molecular weight excluding hydrogens is 531 g/mol. The molecule has 0 radical (unpaired) electrons. The number of nitrogens with zero attached hydrogens (tertiary/aromatic N) is 1. The van der Waals surface area contributed by atoms with Gasteiger partial charge in [-0.15, -0.1) is 0 Å². The number of furan rings is 1. The van der Waals surface area contributed by atoms with Crippen LogP contribution in [0, 0.1) is 6.92 Å². The summed E-state index contributed by atoms with van der Waals surface area (Å²) in [7, 11) is 1.47. The van der Waals surface area contributed by atoms with Crippen LogP contribution in [-0.4, -0.2) is 28.8 Å². The van der Waals surface area contributed by atoms with Crippen molar-refractivity contribution in [2.75, 3.05) is 7.11 Å². The molecule has 1 saturated heterocycles. The highest BCUT2D eigenvalue weighted by molar-refractivity contribution is 9.10. The zero-order valence-electron chi connectivity index (χ0n) is 18.5. The number of aliphatic hydroxyl groups is 1. The Morgan fingerprint density at radius 3 is 2.49 bits per heavy atom. The van der Waals surface area contributed by atoms with Crippen molar-refractivity contribution in [3.05, 3.63) is 92.9 Å². The molecule has 182 valence electrons. The Bertz CT molecular complexity index is 1340. The largest absolute Gasteiger partial charge is 0.507 e. The van der Waals surface area contributed by atoms with E-state index in [0.29, 0.717) is 16.0 Å². The SMILES string of the molecule is COc1ccc(/C(O)=C2/C(=O)C(=O)N(Cc3cccc(C(F)(F)F)c3)C2c2ccc(C)o2)cc1Br. The van der Waals surface area contributed by atoms with Gasteiger partial charge >= 0.3 is 6.18 Å². The summed E-state index contributed by atoms with van der Waals surface area (Å²) in [6, 6.07) is 11.2. The summed E-state index contributed by atoms with van der Waals surface area (Å²) in [5.41, 5.74) is -0.696. The fourth-order valence-corrected chi connectivity index (χ4v) is 4.49. The van der Waals surface area contributed by atoms with Gasteiger partial charge in [-0.3, -0.25) is 9.59 Å². The van der Waals surface area contributed by atoms with Crippen LogP contribution in [0.2, 0.25) is 0 Å². The molecule has 3 aromatic rings. The molecule has 1 unspecified atom stereocenters. The topological polar surface area (TPSA) is 80.0 Å². The van der Waals surface area contributed by atoms with Crippen molar-refractivity contribution in [3.8, 4) is 5.75 Å². The maximum Gasteiger partial charge on any atom is 0.416 e. The van der Waals surface area contributed by atoms with Crippen molar-refractivity contribution < 1.29 is 37.0 Å². The highest BCUT2D eigenvalue weighted by Gasteiger charge is 2.47. The summed E-state index contributed by atoms with van der Waals surface area (Å²) in [5.74, 6) is -1.20. The summed E-state index contributed by atoms with van der Waals surface area (Å²) in [6.45, 7) is 1.37. The zero-order chi connectivity index (χ0) is 25.5. The third-order valence-electron chi connectivity index (χ3n) is 5.60. The van der Waals surface area contributed by atoms with Crippen molar-refractivity contribution in [1.82, 2.24) is 4.90 Å². The molecule has 1 fully saturated rings. The second-order valence-corrected chi connectivity index (χ2v) is 8.78. The lowest BCUT2D eigenvalue weighted by molar-refractivity contribution is -0.140. The second kappa shape index (κ2) is 9.26. The number of Topliss-reactive ketones (excluding diaryl/α,β-unsaturated/α-hetero) is 1. The standard InChI is InChI=1S/C25H19BrF3NO5/c1-13-6-8-19(35-13)21-20(22(31)15-7-9-18(34-2)17(26)11-15)23(32)24(33)30(21)12-14-4-3-5-16(10-14)25(27,28)29/h3-11,21,31H,12H2,1-2H3/b22-20-. The van der Waals surface area contributed by atoms with Crippen LogP contribution < -0.4 is 4.74 Å². The van der Waals surface area contributed by atoms with Crippen molar-refractivity contribution in [1.29, 1.82) is 0 Å². The number of hydrogen-bond acceptors (Lipinski definition) is 5. The molecule has 6 nitrogen and oxygen atoms in total. The zero-order valence-corrected chi connectivity index (χ0v) is 20.1. The number of likely N-dealkylation sites (tertiary alicyclic amines) is 1. The number of hydrogen-bond donors (Lipinski definition) is 1. The van der Waals surface area contributed by atoms with Crippen LogP contribution >= 0.6 is 15.9 Å². The summed E-state index contributed by atoms with van der Waals surface area (Å²) in [5, 5.41) is 11.1. The molecule has 4 rings (SSSR count). The molecule has 0 aliphatic carbocycles. The first-order valence-corrected chi connectivity index (χ1v) is 11.2. The highest BCUT2D eigenvalue weighted by Crippen LogP contribution is 2.42. The number of aryl methyl sites for hydroxylation is 1. The van der Waals surface area contributed by atoms with E-state index in [9.17, 15) is 27.9 Å². The fourth-order valence-electron chi connectivity index (χ4n) is 3.95. The van der Waals surface area contributed by atoms with E-state index >= 15 is 0 Å². The Hall–Kier alpha value is -3.53. The quantitative estimate of drug-likeness (QED) is 0.240. The van der Waals surface area contributed by atoms with Gasteiger partial charge in [0.1, 0.15) is 29.1 Å². The molecule has 1 aromatic heterocycles. The first-order valence-electron chi connectivity index (χ1n) is 10.4. The highest BCUT2D eigenvalue weighted by atomic mass is 79.9. The molecular formula is C25H19BrF3NO5. The molecule has 1 aliphatic rings. The van der Waals surface area contributed by atoms with Crippen molar-refractivity contribution in [2.24, 2.45) is 0 Å². The third kappa shape index (κ3) is 4.70.